The minimum Gasteiger partial charge on any atom is -0.508 e. The molecule has 0 aromatic heterocycles. The van der Waals surface area contributed by atoms with Crippen LogP contribution in [0.1, 0.15) is 23.1 Å². The maximum Gasteiger partial charge on any atom is 0.303 e. The summed E-state index contributed by atoms with van der Waals surface area (Å²) in [6.07, 6.45) is 0.645. The number of benzene rings is 2. The van der Waals surface area contributed by atoms with Gasteiger partial charge >= 0.3 is 5.97 Å². The number of carboxylic acids is 1. The third-order valence-electron chi connectivity index (χ3n) is 3.17. The summed E-state index contributed by atoms with van der Waals surface area (Å²) in [6.45, 7) is 2.31. The quantitative estimate of drug-likeness (QED) is 0.855. The van der Waals surface area contributed by atoms with E-state index in [0.717, 1.165) is 22.4 Å². The summed E-state index contributed by atoms with van der Waals surface area (Å²) in [7, 11) is 0. The van der Waals surface area contributed by atoms with Gasteiger partial charge in [-0.2, -0.15) is 0 Å². The van der Waals surface area contributed by atoms with Gasteiger partial charge in [0.15, 0.2) is 0 Å². The van der Waals surface area contributed by atoms with Crippen molar-refractivity contribution in [3.63, 3.8) is 0 Å². The van der Waals surface area contributed by atoms with E-state index < -0.39 is 5.97 Å². The van der Waals surface area contributed by atoms with Crippen molar-refractivity contribution < 1.29 is 19.7 Å². The van der Waals surface area contributed by atoms with E-state index in [-0.39, 0.29) is 12.2 Å². The summed E-state index contributed by atoms with van der Waals surface area (Å²) in [5.74, 6) is 0.186. The fraction of sp³-hybridized carbons (Fsp3) is 0.235. The molecular weight excluding hydrogens is 268 g/mol. The summed E-state index contributed by atoms with van der Waals surface area (Å²) in [5.41, 5.74) is 2.85. The smallest absolute Gasteiger partial charge is 0.303 e. The van der Waals surface area contributed by atoms with Gasteiger partial charge in [0, 0.05) is 6.42 Å². The number of carbonyl (C=O) groups is 1. The minimum absolute atomic E-state index is 0.128. The molecule has 0 aliphatic carbocycles. The molecule has 4 nitrogen and oxygen atoms in total. The van der Waals surface area contributed by atoms with E-state index in [0.29, 0.717) is 13.0 Å². The number of rotatable bonds is 6. The molecule has 2 aromatic carbocycles. The third-order valence-corrected chi connectivity index (χ3v) is 3.17. The molecule has 0 saturated carbocycles. The maximum absolute atomic E-state index is 10.6. The number of phenols is 1. The lowest BCUT2D eigenvalue weighted by atomic mass is 10.1. The van der Waals surface area contributed by atoms with Crippen molar-refractivity contribution in [2.75, 3.05) is 0 Å². The molecule has 0 spiro atoms. The van der Waals surface area contributed by atoms with Crippen molar-refractivity contribution >= 4 is 5.97 Å². The Morgan fingerprint density at radius 2 is 1.95 bits per heavy atom. The molecule has 4 heteroatoms. The van der Waals surface area contributed by atoms with E-state index >= 15 is 0 Å². The number of aromatic hydroxyl groups is 1. The van der Waals surface area contributed by atoms with Crippen LogP contribution in [-0.4, -0.2) is 16.2 Å². The first-order valence-electron chi connectivity index (χ1n) is 6.76. The average Bonchev–Trinajstić information content (AvgIpc) is 2.44. The Labute approximate surface area is 123 Å². The molecule has 21 heavy (non-hydrogen) atoms. The van der Waals surface area contributed by atoms with Gasteiger partial charge < -0.3 is 14.9 Å². The van der Waals surface area contributed by atoms with Gasteiger partial charge in [-0.1, -0.05) is 24.3 Å². The van der Waals surface area contributed by atoms with Gasteiger partial charge in [0.25, 0.3) is 0 Å². The molecule has 0 aliphatic heterocycles. The Morgan fingerprint density at radius 1 is 1.14 bits per heavy atom. The van der Waals surface area contributed by atoms with Gasteiger partial charge in [-0.25, -0.2) is 0 Å². The molecule has 110 valence electrons. The standard InChI is InChI=1S/C17H18O4/c1-12-9-13(6-8-17(19)20)5-7-16(12)21-11-14-3-2-4-15(18)10-14/h2-5,7,9-10,18H,6,8,11H2,1H3,(H,19,20). The Morgan fingerprint density at radius 3 is 2.62 bits per heavy atom. The van der Waals surface area contributed by atoms with Crippen LogP contribution in [0.2, 0.25) is 0 Å². The van der Waals surface area contributed by atoms with E-state index in [1.807, 2.05) is 31.2 Å². The van der Waals surface area contributed by atoms with Gasteiger partial charge in [0.05, 0.1) is 0 Å². The van der Waals surface area contributed by atoms with Crippen molar-refractivity contribution in [2.45, 2.75) is 26.4 Å². The van der Waals surface area contributed by atoms with Gasteiger partial charge in [0.1, 0.15) is 18.1 Å². The summed E-state index contributed by atoms with van der Waals surface area (Å²) >= 11 is 0. The highest BCUT2D eigenvalue weighted by Gasteiger charge is 2.04. The topological polar surface area (TPSA) is 66.8 Å². The Balaban J connectivity index is 1.99. The zero-order valence-corrected chi connectivity index (χ0v) is 11.9. The molecule has 0 unspecified atom stereocenters. The maximum atomic E-state index is 10.6. The number of carboxylic acid groups (broad SMARTS) is 1. The van der Waals surface area contributed by atoms with Crippen LogP contribution in [0.3, 0.4) is 0 Å². The first-order chi connectivity index (χ1) is 10.0. The van der Waals surface area contributed by atoms with Crippen LogP contribution in [0.4, 0.5) is 0 Å². The second kappa shape index (κ2) is 6.79. The monoisotopic (exact) mass is 286 g/mol. The molecule has 0 heterocycles. The van der Waals surface area contributed by atoms with Gasteiger partial charge in [-0.3, -0.25) is 4.79 Å². The molecule has 0 atom stereocenters. The number of phenolic OH excluding ortho intramolecular Hbond substituents is 1. The Hall–Kier alpha value is -2.49. The van der Waals surface area contributed by atoms with Crippen molar-refractivity contribution in [3.05, 3.63) is 59.2 Å². The molecule has 2 N–H and O–H groups in total. The lowest BCUT2D eigenvalue weighted by molar-refractivity contribution is -0.136. The van der Waals surface area contributed by atoms with Gasteiger partial charge in [-0.05, 0) is 48.2 Å². The molecule has 0 aliphatic rings. The molecule has 0 fully saturated rings. The Kier molecular flexibility index (Phi) is 4.82. The fourth-order valence-electron chi connectivity index (χ4n) is 2.09. The SMILES string of the molecule is Cc1cc(CCC(=O)O)ccc1OCc1cccc(O)c1. The molecule has 0 amide bonds. The predicted octanol–water partition coefficient (Wildman–Crippen LogP) is 3.30. The van der Waals surface area contributed by atoms with Crippen molar-refractivity contribution in [1.29, 1.82) is 0 Å². The fourth-order valence-corrected chi connectivity index (χ4v) is 2.09. The van der Waals surface area contributed by atoms with E-state index in [9.17, 15) is 9.90 Å². The molecule has 2 aromatic rings. The van der Waals surface area contributed by atoms with Crippen LogP contribution in [0, 0.1) is 6.92 Å². The zero-order chi connectivity index (χ0) is 15.2. The number of aryl methyl sites for hydroxylation is 2. The molecule has 0 radical (unpaired) electrons. The van der Waals surface area contributed by atoms with Gasteiger partial charge in [-0.15, -0.1) is 0 Å². The number of aliphatic carboxylic acids is 1. The molecule has 0 bridgehead atoms. The normalized spacial score (nSPS) is 10.3. The third kappa shape index (κ3) is 4.53. The van der Waals surface area contributed by atoms with Crippen molar-refractivity contribution in [3.8, 4) is 11.5 Å². The van der Waals surface area contributed by atoms with E-state index in [1.54, 1.807) is 18.2 Å². The number of hydrogen-bond donors (Lipinski definition) is 2. The van der Waals surface area contributed by atoms with Crippen LogP contribution in [0.5, 0.6) is 11.5 Å². The van der Waals surface area contributed by atoms with Crippen molar-refractivity contribution in [2.24, 2.45) is 0 Å². The summed E-state index contributed by atoms with van der Waals surface area (Å²) in [4.78, 5) is 10.6. The highest BCUT2D eigenvalue weighted by atomic mass is 16.5. The summed E-state index contributed by atoms with van der Waals surface area (Å²) in [5, 5.41) is 18.1. The summed E-state index contributed by atoms with van der Waals surface area (Å²) < 4.78 is 5.73. The average molecular weight is 286 g/mol. The lowest BCUT2D eigenvalue weighted by Crippen LogP contribution is -2.00. The minimum atomic E-state index is -0.795. The second-order valence-electron chi connectivity index (χ2n) is 4.95. The lowest BCUT2D eigenvalue weighted by Gasteiger charge is -2.11. The predicted molar refractivity (Wildman–Crippen MR) is 79.6 cm³/mol. The van der Waals surface area contributed by atoms with E-state index in [1.165, 1.54) is 0 Å². The van der Waals surface area contributed by atoms with Gasteiger partial charge in [0.2, 0.25) is 0 Å². The molecule has 2 rings (SSSR count). The Bertz CT molecular complexity index is 634. The molecule has 0 saturated heterocycles. The molecular formula is C17H18O4. The van der Waals surface area contributed by atoms with Crippen LogP contribution in [0.25, 0.3) is 0 Å². The number of ether oxygens (including phenoxy) is 1. The van der Waals surface area contributed by atoms with Crippen LogP contribution >= 0.6 is 0 Å². The largest absolute Gasteiger partial charge is 0.508 e. The highest BCUT2D eigenvalue weighted by molar-refractivity contribution is 5.67. The van der Waals surface area contributed by atoms with Crippen LogP contribution in [0.15, 0.2) is 42.5 Å². The van der Waals surface area contributed by atoms with Crippen LogP contribution < -0.4 is 4.74 Å². The first kappa shape index (κ1) is 14.9. The van der Waals surface area contributed by atoms with E-state index in [2.05, 4.69) is 0 Å². The second-order valence-corrected chi connectivity index (χ2v) is 4.95. The van der Waals surface area contributed by atoms with Crippen LogP contribution in [-0.2, 0) is 17.8 Å². The first-order valence-corrected chi connectivity index (χ1v) is 6.76. The summed E-state index contributed by atoms with van der Waals surface area (Å²) in [6, 6.07) is 12.6. The number of hydrogen-bond acceptors (Lipinski definition) is 3. The van der Waals surface area contributed by atoms with Crippen molar-refractivity contribution in [1.82, 2.24) is 0 Å². The van der Waals surface area contributed by atoms with E-state index in [4.69, 9.17) is 9.84 Å². The zero-order valence-electron chi connectivity index (χ0n) is 11.9. The highest BCUT2D eigenvalue weighted by Crippen LogP contribution is 2.22.